The van der Waals surface area contributed by atoms with Crippen LogP contribution in [0.3, 0.4) is 0 Å². The predicted octanol–water partition coefficient (Wildman–Crippen LogP) is 2.78. The van der Waals surface area contributed by atoms with Gasteiger partial charge in [-0.1, -0.05) is 6.07 Å². The number of rotatable bonds is 5. The van der Waals surface area contributed by atoms with Crippen molar-refractivity contribution in [2.45, 2.75) is 4.21 Å². The Kier molecular flexibility index (Phi) is 5.88. The molecule has 0 bridgehead atoms. The Hall–Kier alpha value is -3.42. The number of pyridine rings is 1. The van der Waals surface area contributed by atoms with E-state index in [0.29, 0.717) is 48.8 Å². The third-order valence-corrected chi connectivity index (χ3v) is 7.70. The second kappa shape index (κ2) is 8.75. The van der Waals surface area contributed by atoms with Crippen LogP contribution in [-0.4, -0.2) is 50.4 Å². The summed E-state index contributed by atoms with van der Waals surface area (Å²) in [6, 6.07) is 15.2. The van der Waals surface area contributed by atoms with Crippen molar-refractivity contribution in [3.05, 3.63) is 71.2 Å². The lowest BCUT2D eigenvalue weighted by molar-refractivity contribution is 0.0746. The molecule has 3 aromatic rings. The van der Waals surface area contributed by atoms with Crippen molar-refractivity contribution in [3.63, 3.8) is 0 Å². The zero-order valence-electron chi connectivity index (χ0n) is 16.4. The average molecular weight is 454 g/mol. The molecule has 4 rings (SSSR count). The lowest BCUT2D eigenvalue weighted by atomic mass is 10.1. The van der Waals surface area contributed by atoms with E-state index in [-0.39, 0.29) is 10.1 Å². The van der Waals surface area contributed by atoms with Gasteiger partial charge in [0.15, 0.2) is 0 Å². The first-order valence-corrected chi connectivity index (χ1v) is 11.9. The van der Waals surface area contributed by atoms with E-state index in [0.717, 1.165) is 11.3 Å². The van der Waals surface area contributed by atoms with Crippen LogP contribution in [0.5, 0.6) is 0 Å². The van der Waals surface area contributed by atoms with E-state index < -0.39 is 10.0 Å². The van der Waals surface area contributed by atoms with Crippen molar-refractivity contribution in [2.75, 3.05) is 35.8 Å². The van der Waals surface area contributed by atoms with Gasteiger partial charge in [0, 0.05) is 43.6 Å². The van der Waals surface area contributed by atoms with Crippen molar-refractivity contribution in [1.82, 2.24) is 9.88 Å². The number of nitrogens with one attached hydrogen (secondary N) is 1. The average Bonchev–Trinajstić information content (AvgIpc) is 3.35. The molecule has 0 aliphatic carbocycles. The second-order valence-corrected chi connectivity index (χ2v) is 9.74. The maximum absolute atomic E-state index is 12.9. The Bertz CT molecular complexity index is 1210. The van der Waals surface area contributed by atoms with Gasteiger partial charge in [0.1, 0.15) is 16.1 Å². The zero-order chi connectivity index (χ0) is 21.8. The SMILES string of the molecule is N#Cc1cccnc1N1CCN(C(=O)c2ccc(NS(=O)(=O)c3cccs3)cc2)CC1. The molecular weight excluding hydrogens is 434 g/mol. The lowest BCUT2D eigenvalue weighted by Crippen LogP contribution is -2.49. The number of piperazine rings is 1. The molecule has 1 aliphatic heterocycles. The number of benzene rings is 1. The number of nitriles is 1. The van der Waals surface area contributed by atoms with Gasteiger partial charge >= 0.3 is 0 Å². The molecule has 8 nitrogen and oxygen atoms in total. The first kappa shape index (κ1) is 20.8. The van der Waals surface area contributed by atoms with Crippen LogP contribution >= 0.6 is 11.3 Å². The van der Waals surface area contributed by atoms with Gasteiger partial charge in [-0.2, -0.15) is 5.26 Å². The van der Waals surface area contributed by atoms with Crippen LogP contribution in [0.1, 0.15) is 15.9 Å². The number of amides is 1. The quantitative estimate of drug-likeness (QED) is 0.637. The van der Waals surface area contributed by atoms with Crippen LogP contribution in [0.15, 0.2) is 64.3 Å². The maximum atomic E-state index is 12.9. The van der Waals surface area contributed by atoms with E-state index >= 15 is 0 Å². The van der Waals surface area contributed by atoms with Gasteiger partial charge in [-0.3, -0.25) is 9.52 Å². The molecule has 1 fully saturated rings. The molecule has 1 aliphatic rings. The fraction of sp³-hybridized carbons (Fsp3) is 0.190. The van der Waals surface area contributed by atoms with E-state index in [1.165, 1.54) is 6.07 Å². The van der Waals surface area contributed by atoms with Crippen LogP contribution in [0.2, 0.25) is 0 Å². The number of nitrogens with zero attached hydrogens (tertiary/aromatic N) is 4. The summed E-state index contributed by atoms with van der Waals surface area (Å²) in [5, 5.41) is 11.0. The molecule has 0 atom stereocenters. The first-order valence-electron chi connectivity index (χ1n) is 9.54. The highest BCUT2D eigenvalue weighted by molar-refractivity contribution is 7.94. The summed E-state index contributed by atoms with van der Waals surface area (Å²) in [4.78, 5) is 20.9. The lowest BCUT2D eigenvalue weighted by Gasteiger charge is -2.35. The molecule has 158 valence electrons. The summed E-state index contributed by atoms with van der Waals surface area (Å²) in [5.74, 6) is 0.522. The zero-order valence-corrected chi connectivity index (χ0v) is 18.1. The minimum Gasteiger partial charge on any atom is -0.352 e. The van der Waals surface area contributed by atoms with Crippen LogP contribution in [0.4, 0.5) is 11.5 Å². The molecule has 0 radical (unpaired) electrons. The van der Waals surface area contributed by atoms with Crippen LogP contribution < -0.4 is 9.62 Å². The molecule has 31 heavy (non-hydrogen) atoms. The number of thiophene rings is 1. The summed E-state index contributed by atoms with van der Waals surface area (Å²) in [6.45, 7) is 2.17. The van der Waals surface area contributed by atoms with Crippen molar-refractivity contribution < 1.29 is 13.2 Å². The van der Waals surface area contributed by atoms with Crippen molar-refractivity contribution >= 4 is 38.8 Å². The smallest absolute Gasteiger partial charge is 0.271 e. The summed E-state index contributed by atoms with van der Waals surface area (Å²) < 4.78 is 27.4. The molecule has 10 heteroatoms. The number of anilines is 2. The van der Waals surface area contributed by atoms with Crippen molar-refractivity contribution in [1.29, 1.82) is 5.26 Å². The Morgan fingerprint density at radius 1 is 1.06 bits per heavy atom. The fourth-order valence-corrected chi connectivity index (χ4v) is 5.39. The second-order valence-electron chi connectivity index (χ2n) is 6.88. The molecule has 1 saturated heterocycles. The number of sulfonamides is 1. The highest BCUT2D eigenvalue weighted by Crippen LogP contribution is 2.22. The highest BCUT2D eigenvalue weighted by Gasteiger charge is 2.24. The summed E-state index contributed by atoms with van der Waals surface area (Å²) in [5.41, 5.74) is 1.40. The Balaban J connectivity index is 1.39. The third kappa shape index (κ3) is 4.52. The van der Waals surface area contributed by atoms with Gasteiger partial charge in [-0.05, 0) is 47.8 Å². The summed E-state index contributed by atoms with van der Waals surface area (Å²) >= 11 is 1.14. The maximum Gasteiger partial charge on any atom is 0.271 e. The molecule has 0 spiro atoms. The van der Waals surface area contributed by atoms with Crippen LogP contribution in [-0.2, 0) is 10.0 Å². The molecule has 2 aromatic heterocycles. The molecule has 0 saturated carbocycles. The van der Waals surface area contributed by atoms with Gasteiger partial charge in [0.25, 0.3) is 15.9 Å². The minimum absolute atomic E-state index is 0.117. The third-order valence-electron chi connectivity index (χ3n) is 4.92. The van der Waals surface area contributed by atoms with E-state index in [2.05, 4.69) is 15.8 Å². The van der Waals surface area contributed by atoms with Gasteiger partial charge in [0.2, 0.25) is 0 Å². The number of carbonyl (C=O) groups is 1. The first-order chi connectivity index (χ1) is 15.0. The Morgan fingerprint density at radius 2 is 1.81 bits per heavy atom. The monoisotopic (exact) mass is 453 g/mol. The molecule has 3 heterocycles. The Labute approximate surface area is 184 Å². The van der Waals surface area contributed by atoms with Gasteiger partial charge in [-0.15, -0.1) is 11.3 Å². The van der Waals surface area contributed by atoms with Crippen molar-refractivity contribution in [3.8, 4) is 6.07 Å². The molecule has 0 unspecified atom stereocenters. The molecule has 1 amide bonds. The van der Waals surface area contributed by atoms with E-state index in [1.54, 1.807) is 58.9 Å². The number of hydrogen-bond donors (Lipinski definition) is 1. The molecule has 1 aromatic carbocycles. The van der Waals surface area contributed by atoms with Gasteiger partial charge in [-0.25, -0.2) is 13.4 Å². The normalized spacial score (nSPS) is 14.2. The molecular formula is C21H19N5O3S2. The number of aromatic nitrogens is 1. The standard InChI is InChI=1S/C21H19N5O3S2/c22-15-17-3-1-9-23-20(17)25-10-12-26(13-11-25)21(27)16-5-7-18(8-6-16)24-31(28,29)19-4-2-14-30-19/h1-9,14,24H,10-13H2. The Morgan fingerprint density at radius 3 is 2.45 bits per heavy atom. The fourth-order valence-electron chi connectivity index (χ4n) is 3.34. The summed E-state index contributed by atoms with van der Waals surface area (Å²) in [7, 11) is -3.62. The van der Waals surface area contributed by atoms with Crippen LogP contribution in [0, 0.1) is 11.3 Å². The minimum atomic E-state index is -3.62. The van der Waals surface area contributed by atoms with Gasteiger partial charge < -0.3 is 9.80 Å². The molecule has 1 N–H and O–H groups in total. The van der Waals surface area contributed by atoms with E-state index in [9.17, 15) is 18.5 Å². The number of hydrogen-bond acceptors (Lipinski definition) is 7. The largest absolute Gasteiger partial charge is 0.352 e. The van der Waals surface area contributed by atoms with Gasteiger partial charge in [0.05, 0.1) is 5.56 Å². The topological polar surface area (TPSA) is 106 Å². The van der Waals surface area contributed by atoms with E-state index in [1.807, 2.05) is 4.90 Å². The van der Waals surface area contributed by atoms with Crippen molar-refractivity contribution in [2.24, 2.45) is 0 Å². The summed E-state index contributed by atoms with van der Waals surface area (Å²) in [6.07, 6.45) is 1.65. The highest BCUT2D eigenvalue weighted by atomic mass is 32.2. The van der Waals surface area contributed by atoms with E-state index in [4.69, 9.17) is 0 Å². The number of carbonyl (C=O) groups excluding carboxylic acids is 1. The predicted molar refractivity (Wildman–Crippen MR) is 119 cm³/mol. The van der Waals surface area contributed by atoms with Crippen LogP contribution in [0.25, 0.3) is 0 Å².